The maximum atomic E-state index is 11.9. The lowest BCUT2D eigenvalue weighted by Gasteiger charge is -2.29. The van der Waals surface area contributed by atoms with Gasteiger partial charge < -0.3 is 24.8 Å². The van der Waals surface area contributed by atoms with Gasteiger partial charge in [-0.15, -0.1) is 0 Å². The van der Waals surface area contributed by atoms with Gasteiger partial charge in [-0.2, -0.15) is 5.10 Å². The highest BCUT2D eigenvalue weighted by atomic mass is 16.5. The monoisotopic (exact) mass is 528 g/mol. The van der Waals surface area contributed by atoms with Crippen molar-refractivity contribution in [2.75, 3.05) is 49.7 Å². The van der Waals surface area contributed by atoms with E-state index in [0.29, 0.717) is 26.2 Å². The number of ether oxygens (including phenoxy) is 2. The maximum Gasteiger partial charge on any atom is 0.305 e. The summed E-state index contributed by atoms with van der Waals surface area (Å²) >= 11 is 0. The predicted octanol–water partition coefficient (Wildman–Crippen LogP) is 3.71. The van der Waals surface area contributed by atoms with Crippen LogP contribution in [0.25, 0.3) is 10.9 Å². The first-order chi connectivity index (χ1) is 19.1. The maximum absolute atomic E-state index is 11.9. The standard InChI is InChI=1S/C29H32N6O4/c36-28(37)16-27(21-14-24(19-30-17-21)34-9-12-38-13-10-34)35-26-6-5-25(15-22(26)18-32-35)39-11-7-23-4-3-20-2-1-8-31-29(20)33-23/h3-6,14-15,17-19,27H,1-2,7-13,16H2,(H,31,33)(H,36,37). The summed E-state index contributed by atoms with van der Waals surface area (Å²) in [7, 11) is 0. The molecule has 1 fully saturated rings. The van der Waals surface area contributed by atoms with Crippen LogP contribution in [0.15, 0.2) is 55.0 Å². The third-order valence-electron chi connectivity index (χ3n) is 7.31. The molecule has 10 nitrogen and oxygen atoms in total. The summed E-state index contributed by atoms with van der Waals surface area (Å²) in [6.45, 7) is 4.36. The summed E-state index contributed by atoms with van der Waals surface area (Å²) in [6, 6.07) is 11.5. The van der Waals surface area contributed by atoms with Crippen molar-refractivity contribution in [3.63, 3.8) is 0 Å². The van der Waals surface area contributed by atoms with Crippen molar-refractivity contribution in [2.45, 2.75) is 31.7 Å². The summed E-state index contributed by atoms with van der Waals surface area (Å²) in [5.41, 5.74) is 4.88. The van der Waals surface area contributed by atoms with E-state index in [1.807, 2.05) is 30.5 Å². The number of nitrogens with one attached hydrogen (secondary N) is 1. The Balaban J connectivity index is 1.18. The van der Waals surface area contributed by atoms with Gasteiger partial charge in [0.1, 0.15) is 11.6 Å². The molecule has 39 heavy (non-hydrogen) atoms. The highest BCUT2D eigenvalue weighted by Crippen LogP contribution is 2.30. The topological polar surface area (TPSA) is 115 Å². The van der Waals surface area contributed by atoms with E-state index in [4.69, 9.17) is 14.5 Å². The van der Waals surface area contributed by atoms with E-state index in [1.165, 1.54) is 5.56 Å². The fourth-order valence-corrected chi connectivity index (χ4v) is 5.28. The van der Waals surface area contributed by atoms with Gasteiger partial charge in [0.05, 0.1) is 55.9 Å². The lowest BCUT2D eigenvalue weighted by Crippen LogP contribution is -2.36. The molecule has 0 radical (unpaired) electrons. The molecule has 2 aliphatic rings. The molecule has 1 atom stereocenters. The van der Waals surface area contributed by atoms with Gasteiger partial charge in [0, 0.05) is 43.3 Å². The van der Waals surface area contributed by atoms with Crippen LogP contribution in [0.3, 0.4) is 0 Å². The minimum Gasteiger partial charge on any atom is -0.493 e. The number of hydrogen-bond donors (Lipinski definition) is 2. The molecule has 0 aliphatic carbocycles. The molecule has 2 aliphatic heterocycles. The van der Waals surface area contributed by atoms with Crippen LogP contribution in [0.1, 0.15) is 35.7 Å². The summed E-state index contributed by atoms with van der Waals surface area (Å²) in [5.74, 6) is 0.837. The SMILES string of the molecule is O=C(O)CC(c1cncc(N2CCOCC2)c1)n1ncc2cc(OCCc3ccc4c(n3)NCCC4)ccc21. The van der Waals surface area contributed by atoms with Crippen LogP contribution < -0.4 is 15.0 Å². The van der Waals surface area contributed by atoms with Crippen LogP contribution >= 0.6 is 0 Å². The number of benzene rings is 1. The van der Waals surface area contributed by atoms with E-state index in [-0.39, 0.29) is 6.42 Å². The average Bonchev–Trinajstić information content (AvgIpc) is 3.39. The first-order valence-corrected chi connectivity index (χ1v) is 13.5. The number of aliphatic carboxylic acids is 1. The van der Waals surface area contributed by atoms with Crippen LogP contribution in [0.4, 0.5) is 11.5 Å². The number of morpholine rings is 1. The molecule has 0 saturated carbocycles. The smallest absolute Gasteiger partial charge is 0.305 e. The summed E-state index contributed by atoms with van der Waals surface area (Å²) in [6.07, 6.45) is 8.12. The minimum absolute atomic E-state index is 0.105. The van der Waals surface area contributed by atoms with E-state index in [1.54, 1.807) is 17.1 Å². The number of anilines is 2. The molecule has 1 saturated heterocycles. The van der Waals surface area contributed by atoms with Gasteiger partial charge >= 0.3 is 5.97 Å². The number of aromatic nitrogens is 4. The first-order valence-electron chi connectivity index (χ1n) is 13.5. The molecule has 0 bridgehead atoms. The molecule has 0 amide bonds. The molecule has 1 aromatic carbocycles. The Morgan fingerprint density at radius 1 is 1.13 bits per heavy atom. The molecular formula is C29H32N6O4. The van der Waals surface area contributed by atoms with Crippen molar-refractivity contribution in [2.24, 2.45) is 0 Å². The highest BCUT2D eigenvalue weighted by Gasteiger charge is 2.23. The molecule has 10 heteroatoms. The molecule has 0 spiro atoms. The molecule has 5 heterocycles. The molecule has 4 aromatic rings. The Bertz CT molecular complexity index is 1470. The second-order valence-corrected chi connectivity index (χ2v) is 9.94. The largest absolute Gasteiger partial charge is 0.493 e. The lowest BCUT2D eigenvalue weighted by atomic mass is 10.0. The van der Waals surface area contributed by atoms with E-state index in [2.05, 4.69) is 32.4 Å². The van der Waals surface area contributed by atoms with Crippen molar-refractivity contribution >= 4 is 28.4 Å². The number of hydrogen-bond acceptors (Lipinski definition) is 8. The highest BCUT2D eigenvalue weighted by molar-refractivity contribution is 5.81. The fraction of sp³-hybridized carbons (Fsp3) is 0.379. The minimum atomic E-state index is -0.897. The number of aryl methyl sites for hydroxylation is 1. The van der Waals surface area contributed by atoms with Crippen LogP contribution in [0.5, 0.6) is 5.75 Å². The quantitative estimate of drug-likeness (QED) is 0.336. The summed E-state index contributed by atoms with van der Waals surface area (Å²) in [4.78, 5) is 23.2. The average molecular weight is 529 g/mol. The van der Waals surface area contributed by atoms with Gasteiger partial charge in [-0.05, 0) is 54.3 Å². The van der Waals surface area contributed by atoms with Gasteiger partial charge in [0.25, 0.3) is 0 Å². The Labute approximate surface area is 226 Å². The van der Waals surface area contributed by atoms with Gasteiger partial charge in [-0.1, -0.05) is 6.07 Å². The van der Waals surface area contributed by atoms with Crippen LogP contribution in [0.2, 0.25) is 0 Å². The number of fused-ring (bicyclic) bond motifs is 2. The second-order valence-electron chi connectivity index (χ2n) is 9.94. The van der Waals surface area contributed by atoms with Crippen LogP contribution in [0, 0.1) is 0 Å². The molecule has 6 rings (SSSR count). The zero-order chi connectivity index (χ0) is 26.6. The number of carbonyl (C=O) groups is 1. The van der Waals surface area contributed by atoms with Crippen LogP contribution in [-0.2, 0) is 22.4 Å². The van der Waals surface area contributed by atoms with Crippen LogP contribution in [-0.4, -0.2) is 70.3 Å². The molecule has 202 valence electrons. The van der Waals surface area contributed by atoms with Crippen molar-refractivity contribution in [1.29, 1.82) is 0 Å². The number of pyridine rings is 2. The van der Waals surface area contributed by atoms with E-state index >= 15 is 0 Å². The fourth-order valence-electron chi connectivity index (χ4n) is 5.28. The van der Waals surface area contributed by atoms with Gasteiger partial charge in [0.15, 0.2) is 0 Å². The van der Waals surface area contributed by atoms with Gasteiger partial charge in [-0.3, -0.25) is 14.5 Å². The third kappa shape index (κ3) is 5.65. The van der Waals surface area contributed by atoms with E-state index in [0.717, 1.165) is 71.9 Å². The molecule has 1 unspecified atom stereocenters. The van der Waals surface area contributed by atoms with Crippen molar-refractivity contribution in [3.05, 3.63) is 71.8 Å². The number of rotatable bonds is 9. The van der Waals surface area contributed by atoms with Crippen molar-refractivity contribution in [3.8, 4) is 5.75 Å². The molecular weight excluding hydrogens is 496 g/mol. The Morgan fingerprint density at radius 2 is 2.03 bits per heavy atom. The molecule has 3 aromatic heterocycles. The summed E-state index contributed by atoms with van der Waals surface area (Å²) < 4.78 is 13.3. The second kappa shape index (κ2) is 11.3. The van der Waals surface area contributed by atoms with Crippen molar-refractivity contribution < 1.29 is 19.4 Å². The lowest BCUT2D eigenvalue weighted by molar-refractivity contribution is -0.137. The molecule has 2 N–H and O–H groups in total. The number of carboxylic acid groups (broad SMARTS) is 1. The van der Waals surface area contributed by atoms with E-state index < -0.39 is 12.0 Å². The normalized spacial score (nSPS) is 15.9. The number of nitrogens with zero attached hydrogens (tertiary/aromatic N) is 5. The van der Waals surface area contributed by atoms with Gasteiger partial charge in [-0.25, -0.2) is 4.98 Å². The third-order valence-corrected chi connectivity index (χ3v) is 7.31. The Kier molecular flexibility index (Phi) is 7.27. The Hall–Kier alpha value is -4.18. The van der Waals surface area contributed by atoms with E-state index in [9.17, 15) is 9.90 Å². The van der Waals surface area contributed by atoms with Gasteiger partial charge in [0.2, 0.25) is 0 Å². The Morgan fingerprint density at radius 3 is 2.90 bits per heavy atom. The number of carboxylic acids is 1. The van der Waals surface area contributed by atoms with Crippen molar-refractivity contribution in [1.82, 2.24) is 19.7 Å². The predicted molar refractivity (Wildman–Crippen MR) is 148 cm³/mol. The summed E-state index contributed by atoms with van der Waals surface area (Å²) in [5, 5.41) is 18.6. The zero-order valence-corrected chi connectivity index (χ0v) is 21.8. The zero-order valence-electron chi connectivity index (χ0n) is 21.8. The first kappa shape index (κ1) is 25.1.